The van der Waals surface area contributed by atoms with Gasteiger partial charge in [0.05, 0.1) is 25.6 Å². The van der Waals surface area contributed by atoms with Crippen LogP contribution in [0.1, 0.15) is 91.4 Å². The van der Waals surface area contributed by atoms with E-state index in [1.54, 1.807) is 12.4 Å². The number of aromatic nitrogens is 2. The minimum absolute atomic E-state index is 0.587. The molecule has 0 aliphatic heterocycles. The number of nitrogens with zero attached hydrogens (tertiary/aromatic N) is 2. The summed E-state index contributed by atoms with van der Waals surface area (Å²) in [6.45, 7) is 8.27. The largest absolute Gasteiger partial charge is 0.493 e. The SMILES string of the molecule is CCCCCCCCOc1cnc(-c2ccc(OCC(C)CCCCCC)cc2)nc1. The molecule has 0 N–H and O–H groups in total. The second-order valence-corrected chi connectivity index (χ2v) is 8.65. The number of hydrogen-bond donors (Lipinski definition) is 0. The zero-order valence-corrected chi connectivity index (χ0v) is 19.9. The first-order chi connectivity index (χ1) is 15.2. The molecular weight excluding hydrogens is 384 g/mol. The summed E-state index contributed by atoms with van der Waals surface area (Å²) in [5.74, 6) is 2.94. The predicted molar refractivity (Wildman–Crippen MR) is 130 cm³/mol. The van der Waals surface area contributed by atoms with Crippen LogP contribution in [0, 0.1) is 5.92 Å². The Bertz CT molecular complexity index is 685. The van der Waals surface area contributed by atoms with Gasteiger partial charge in [0.15, 0.2) is 11.6 Å². The summed E-state index contributed by atoms with van der Waals surface area (Å²) >= 11 is 0. The molecular formula is C27H42N2O2. The lowest BCUT2D eigenvalue weighted by Gasteiger charge is -2.13. The van der Waals surface area contributed by atoms with Crippen molar-refractivity contribution in [3.8, 4) is 22.9 Å². The molecule has 0 aliphatic rings. The Balaban J connectivity index is 1.69. The predicted octanol–water partition coefficient (Wildman–Crippen LogP) is 7.87. The Morgan fingerprint density at radius 2 is 1.32 bits per heavy atom. The van der Waals surface area contributed by atoms with Crippen molar-refractivity contribution in [2.75, 3.05) is 13.2 Å². The molecule has 31 heavy (non-hydrogen) atoms. The van der Waals surface area contributed by atoms with Gasteiger partial charge in [-0.25, -0.2) is 9.97 Å². The average molecular weight is 427 g/mol. The molecule has 1 heterocycles. The number of unbranched alkanes of at least 4 members (excludes halogenated alkanes) is 8. The van der Waals surface area contributed by atoms with E-state index in [1.165, 1.54) is 64.2 Å². The van der Waals surface area contributed by atoms with E-state index in [0.717, 1.165) is 36.7 Å². The van der Waals surface area contributed by atoms with E-state index >= 15 is 0 Å². The fourth-order valence-corrected chi connectivity index (χ4v) is 3.55. The molecule has 0 spiro atoms. The summed E-state index contributed by atoms with van der Waals surface area (Å²) < 4.78 is 11.7. The molecule has 0 radical (unpaired) electrons. The van der Waals surface area contributed by atoms with Gasteiger partial charge in [-0.2, -0.15) is 0 Å². The van der Waals surface area contributed by atoms with Gasteiger partial charge in [0.25, 0.3) is 0 Å². The van der Waals surface area contributed by atoms with Gasteiger partial charge in [0, 0.05) is 5.56 Å². The molecule has 1 aromatic heterocycles. The van der Waals surface area contributed by atoms with E-state index < -0.39 is 0 Å². The van der Waals surface area contributed by atoms with E-state index in [2.05, 4.69) is 30.7 Å². The zero-order valence-electron chi connectivity index (χ0n) is 19.9. The fourth-order valence-electron chi connectivity index (χ4n) is 3.55. The topological polar surface area (TPSA) is 44.2 Å². The standard InChI is InChI=1S/C27H42N2O2/c1-4-6-8-10-11-13-19-30-26-20-28-27(29-21-26)24-15-17-25(18-16-24)31-22-23(3)14-12-9-7-5-2/h15-18,20-21,23H,4-14,19,22H2,1-3H3. The van der Waals surface area contributed by atoms with E-state index in [0.29, 0.717) is 11.7 Å². The van der Waals surface area contributed by atoms with Crippen LogP contribution in [0.2, 0.25) is 0 Å². The second-order valence-electron chi connectivity index (χ2n) is 8.65. The highest BCUT2D eigenvalue weighted by Crippen LogP contribution is 2.21. The number of ether oxygens (including phenoxy) is 2. The highest BCUT2D eigenvalue weighted by atomic mass is 16.5. The van der Waals surface area contributed by atoms with Crippen molar-refractivity contribution in [2.45, 2.75) is 91.4 Å². The van der Waals surface area contributed by atoms with Crippen molar-refractivity contribution in [3.63, 3.8) is 0 Å². The smallest absolute Gasteiger partial charge is 0.159 e. The van der Waals surface area contributed by atoms with Gasteiger partial charge >= 0.3 is 0 Å². The van der Waals surface area contributed by atoms with E-state index in [1.807, 2.05) is 24.3 Å². The minimum Gasteiger partial charge on any atom is -0.493 e. The third kappa shape index (κ3) is 10.7. The van der Waals surface area contributed by atoms with Gasteiger partial charge in [-0.05, 0) is 43.0 Å². The van der Waals surface area contributed by atoms with Gasteiger partial charge in [0.1, 0.15) is 5.75 Å². The highest BCUT2D eigenvalue weighted by Gasteiger charge is 2.06. The molecule has 0 aliphatic carbocycles. The van der Waals surface area contributed by atoms with Crippen LogP contribution in [0.25, 0.3) is 11.4 Å². The lowest BCUT2D eigenvalue weighted by molar-refractivity contribution is 0.249. The molecule has 0 saturated heterocycles. The van der Waals surface area contributed by atoms with Crippen molar-refractivity contribution in [2.24, 2.45) is 5.92 Å². The Morgan fingerprint density at radius 3 is 2.00 bits per heavy atom. The first-order valence-corrected chi connectivity index (χ1v) is 12.4. The molecule has 2 aromatic rings. The quantitative estimate of drug-likeness (QED) is 0.241. The Morgan fingerprint density at radius 1 is 0.710 bits per heavy atom. The molecule has 2 rings (SSSR count). The number of hydrogen-bond acceptors (Lipinski definition) is 4. The van der Waals surface area contributed by atoms with Gasteiger partial charge in [-0.3, -0.25) is 0 Å². The normalized spacial score (nSPS) is 12.0. The minimum atomic E-state index is 0.587. The summed E-state index contributed by atoms with van der Waals surface area (Å²) in [6, 6.07) is 8.05. The van der Waals surface area contributed by atoms with Crippen LogP contribution in [-0.4, -0.2) is 23.2 Å². The first-order valence-electron chi connectivity index (χ1n) is 12.4. The molecule has 0 bridgehead atoms. The monoisotopic (exact) mass is 426 g/mol. The lowest BCUT2D eigenvalue weighted by atomic mass is 10.0. The van der Waals surface area contributed by atoms with E-state index in [-0.39, 0.29) is 0 Å². The van der Waals surface area contributed by atoms with Crippen molar-refractivity contribution in [3.05, 3.63) is 36.7 Å². The molecule has 172 valence electrons. The van der Waals surface area contributed by atoms with Crippen molar-refractivity contribution >= 4 is 0 Å². The Labute approximate surface area is 189 Å². The van der Waals surface area contributed by atoms with Crippen LogP contribution >= 0.6 is 0 Å². The summed E-state index contributed by atoms with van der Waals surface area (Å²) in [4.78, 5) is 8.93. The summed E-state index contributed by atoms with van der Waals surface area (Å²) in [5.41, 5.74) is 0.988. The van der Waals surface area contributed by atoms with E-state index in [4.69, 9.17) is 9.47 Å². The summed E-state index contributed by atoms with van der Waals surface area (Å²) in [6.07, 6.45) is 17.6. The first kappa shape index (κ1) is 25.2. The van der Waals surface area contributed by atoms with Crippen molar-refractivity contribution < 1.29 is 9.47 Å². The molecule has 4 nitrogen and oxygen atoms in total. The molecule has 0 amide bonds. The third-order valence-electron chi connectivity index (χ3n) is 5.59. The summed E-state index contributed by atoms with van der Waals surface area (Å²) in [5, 5.41) is 0. The highest BCUT2D eigenvalue weighted by molar-refractivity contribution is 5.56. The van der Waals surface area contributed by atoms with Crippen LogP contribution in [-0.2, 0) is 0 Å². The maximum Gasteiger partial charge on any atom is 0.159 e. The second kappa shape index (κ2) is 15.7. The molecule has 1 atom stereocenters. The average Bonchev–Trinajstić information content (AvgIpc) is 2.81. The molecule has 0 saturated carbocycles. The Kier molecular flexibility index (Phi) is 12.7. The zero-order chi connectivity index (χ0) is 22.2. The molecule has 4 heteroatoms. The van der Waals surface area contributed by atoms with Gasteiger partial charge < -0.3 is 9.47 Å². The molecule has 1 aromatic carbocycles. The van der Waals surface area contributed by atoms with E-state index in [9.17, 15) is 0 Å². The maximum atomic E-state index is 5.96. The van der Waals surface area contributed by atoms with Gasteiger partial charge in [0.2, 0.25) is 0 Å². The Hall–Kier alpha value is -2.10. The number of benzene rings is 1. The number of rotatable bonds is 17. The fraction of sp³-hybridized carbons (Fsp3) is 0.630. The van der Waals surface area contributed by atoms with Crippen LogP contribution in [0.15, 0.2) is 36.7 Å². The van der Waals surface area contributed by atoms with Gasteiger partial charge in [-0.1, -0.05) is 78.6 Å². The maximum absolute atomic E-state index is 5.96. The molecule has 0 fully saturated rings. The van der Waals surface area contributed by atoms with Crippen LogP contribution in [0.4, 0.5) is 0 Å². The molecule has 1 unspecified atom stereocenters. The van der Waals surface area contributed by atoms with Crippen LogP contribution in [0.5, 0.6) is 11.5 Å². The van der Waals surface area contributed by atoms with Crippen molar-refractivity contribution in [1.82, 2.24) is 9.97 Å². The van der Waals surface area contributed by atoms with Crippen LogP contribution in [0.3, 0.4) is 0 Å². The van der Waals surface area contributed by atoms with Crippen molar-refractivity contribution in [1.29, 1.82) is 0 Å². The van der Waals surface area contributed by atoms with Gasteiger partial charge in [-0.15, -0.1) is 0 Å². The van der Waals surface area contributed by atoms with Crippen LogP contribution < -0.4 is 9.47 Å². The summed E-state index contributed by atoms with van der Waals surface area (Å²) in [7, 11) is 0. The third-order valence-corrected chi connectivity index (χ3v) is 5.59. The lowest BCUT2D eigenvalue weighted by Crippen LogP contribution is -2.08.